The van der Waals surface area contributed by atoms with Crippen LogP contribution in [0.4, 0.5) is 0 Å². The van der Waals surface area contributed by atoms with Crippen LogP contribution < -0.4 is 0 Å². The molecule has 0 radical (unpaired) electrons. The summed E-state index contributed by atoms with van der Waals surface area (Å²) >= 11 is 0. The number of aldehydes is 1. The summed E-state index contributed by atoms with van der Waals surface area (Å²) in [6.45, 7) is 0. The zero-order valence-corrected chi connectivity index (χ0v) is 7.27. The van der Waals surface area contributed by atoms with Crippen LogP contribution in [0, 0.1) is 0 Å². The van der Waals surface area contributed by atoms with Gasteiger partial charge in [-0.05, 0) is 35.0 Å². The minimum absolute atomic E-state index is 0.0712. The van der Waals surface area contributed by atoms with Gasteiger partial charge in [-0.15, -0.1) is 0 Å². The number of phenolic OH excluding ortho intramolecular Hbond substituents is 2. The van der Waals surface area contributed by atoms with Gasteiger partial charge in [-0.2, -0.15) is 0 Å². The molecular formula is C11H8O3. The lowest BCUT2D eigenvalue weighted by Crippen LogP contribution is -1.82. The summed E-state index contributed by atoms with van der Waals surface area (Å²) in [5.41, 5.74) is 0.253. The predicted molar refractivity (Wildman–Crippen MR) is 52.7 cm³/mol. The maximum Gasteiger partial charge on any atom is 0.153 e. The van der Waals surface area contributed by atoms with Gasteiger partial charge in [-0.3, -0.25) is 4.79 Å². The van der Waals surface area contributed by atoms with Crippen molar-refractivity contribution in [1.29, 1.82) is 0 Å². The number of rotatable bonds is 1. The molecule has 0 saturated carbocycles. The molecule has 0 atom stereocenters. The lowest BCUT2D eigenvalue weighted by molar-refractivity contribution is 0.112. The molecule has 0 saturated heterocycles. The number of aromatic hydroxyl groups is 2. The topological polar surface area (TPSA) is 57.5 Å². The highest BCUT2D eigenvalue weighted by molar-refractivity contribution is 5.92. The fourth-order valence-electron chi connectivity index (χ4n) is 1.39. The molecule has 0 aliphatic carbocycles. The van der Waals surface area contributed by atoms with Gasteiger partial charge in [-0.1, -0.05) is 6.07 Å². The molecule has 0 aliphatic rings. The second-order valence-electron chi connectivity index (χ2n) is 3.06. The second kappa shape index (κ2) is 3.03. The van der Waals surface area contributed by atoms with E-state index in [1.165, 1.54) is 18.2 Å². The Morgan fingerprint density at radius 2 is 1.79 bits per heavy atom. The van der Waals surface area contributed by atoms with Crippen LogP contribution in [0.5, 0.6) is 11.5 Å². The van der Waals surface area contributed by atoms with E-state index in [4.69, 9.17) is 0 Å². The molecule has 0 spiro atoms. The van der Waals surface area contributed by atoms with E-state index in [1.54, 1.807) is 12.1 Å². The van der Waals surface area contributed by atoms with Gasteiger partial charge < -0.3 is 10.2 Å². The summed E-state index contributed by atoms with van der Waals surface area (Å²) in [6, 6.07) is 7.80. The van der Waals surface area contributed by atoms with Crippen molar-refractivity contribution in [3.05, 3.63) is 35.9 Å². The van der Waals surface area contributed by atoms with Gasteiger partial charge in [0, 0.05) is 0 Å². The van der Waals surface area contributed by atoms with Crippen molar-refractivity contribution in [3.63, 3.8) is 0 Å². The lowest BCUT2D eigenvalue weighted by Gasteiger charge is -2.02. The van der Waals surface area contributed by atoms with E-state index in [-0.39, 0.29) is 17.1 Å². The molecule has 3 nitrogen and oxygen atoms in total. The fraction of sp³-hybridized carbons (Fsp3) is 0. The number of hydrogen-bond donors (Lipinski definition) is 2. The highest BCUT2D eigenvalue weighted by Gasteiger charge is 2.02. The van der Waals surface area contributed by atoms with Crippen molar-refractivity contribution in [2.45, 2.75) is 0 Å². The van der Waals surface area contributed by atoms with Crippen LogP contribution in [-0.2, 0) is 0 Å². The van der Waals surface area contributed by atoms with Crippen molar-refractivity contribution >= 4 is 17.1 Å². The van der Waals surface area contributed by atoms with Gasteiger partial charge in [0.15, 0.2) is 6.29 Å². The monoisotopic (exact) mass is 188 g/mol. The van der Waals surface area contributed by atoms with Crippen molar-refractivity contribution in [2.24, 2.45) is 0 Å². The molecular weight excluding hydrogens is 180 g/mol. The molecule has 3 heteroatoms. The molecule has 2 aromatic rings. The number of carbonyl (C=O) groups excluding carboxylic acids is 1. The predicted octanol–water partition coefficient (Wildman–Crippen LogP) is 2.06. The van der Waals surface area contributed by atoms with E-state index >= 15 is 0 Å². The fourth-order valence-corrected chi connectivity index (χ4v) is 1.39. The summed E-state index contributed by atoms with van der Waals surface area (Å²) in [5.74, 6) is 0.0638. The van der Waals surface area contributed by atoms with Crippen LogP contribution in [0.2, 0.25) is 0 Å². The largest absolute Gasteiger partial charge is 0.508 e. The van der Waals surface area contributed by atoms with E-state index in [0.717, 1.165) is 5.39 Å². The Kier molecular flexibility index (Phi) is 1.85. The quantitative estimate of drug-likeness (QED) is 0.673. The first-order valence-corrected chi connectivity index (χ1v) is 4.11. The average Bonchev–Trinajstić information content (AvgIpc) is 2.16. The van der Waals surface area contributed by atoms with Gasteiger partial charge in [0.05, 0.1) is 5.56 Å². The summed E-state index contributed by atoms with van der Waals surface area (Å²) in [4.78, 5) is 10.5. The number of carbonyl (C=O) groups is 1. The maximum atomic E-state index is 10.5. The van der Waals surface area contributed by atoms with Gasteiger partial charge >= 0.3 is 0 Å². The van der Waals surface area contributed by atoms with Gasteiger partial charge in [0.2, 0.25) is 0 Å². The van der Waals surface area contributed by atoms with Crippen molar-refractivity contribution in [3.8, 4) is 11.5 Å². The highest BCUT2D eigenvalue weighted by atomic mass is 16.3. The Balaban J connectivity index is 2.79. The van der Waals surface area contributed by atoms with Gasteiger partial charge in [0.25, 0.3) is 0 Å². The van der Waals surface area contributed by atoms with E-state index in [2.05, 4.69) is 0 Å². The average molecular weight is 188 g/mol. The van der Waals surface area contributed by atoms with Crippen LogP contribution in [0.1, 0.15) is 10.4 Å². The van der Waals surface area contributed by atoms with Crippen molar-refractivity contribution in [1.82, 2.24) is 0 Å². The Morgan fingerprint density at radius 3 is 2.50 bits per heavy atom. The Morgan fingerprint density at radius 1 is 1.00 bits per heavy atom. The first-order chi connectivity index (χ1) is 6.70. The molecule has 14 heavy (non-hydrogen) atoms. The lowest BCUT2D eigenvalue weighted by atomic mass is 10.1. The number of benzene rings is 2. The first-order valence-electron chi connectivity index (χ1n) is 4.11. The van der Waals surface area contributed by atoms with Crippen molar-refractivity contribution < 1.29 is 15.0 Å². The van der Waals surface area contributed by atoms with E-state index in [9.17, 15) is 15.0 Å². The molecule has 2 N–H and O–H groups in total. The van der Waals surface area contributed by atoms with E-state index in [1.807, 2.05) is 0 Å². The van der Waals surface area contributed by atoms with Crippen LogP contribution in [0.15, 0.2) is 30.3 Å². The molecule has 70 valence electrons. The summed E-state index contributed by atoms with van der Waals surface area (Å²) in [7, 11) is 0. The van der Waals surface area contributed by atoms with Crippen LogP contribution in [0.3, 0.4) is 0 Å². The molecule has 2 aromatic carbocycles. The maximum absolute atomic E-state index is 10.5. The zero-order valence-electron chi connectivity index (χ0n) is 7.27. The summed E-state index contributed by atoms with van der Waals surface area (Å²) < 4.78 is 0. The normalized spacial score (nSPS) is 10.3. The summed E-state index contributed by atoms with van der Waals surface area (Å²) in [5, 5.41) is 20.1. The summed E-state index contributed by atoms with van der Waals surface area (Å²) in [6.07, 6.45) is 0.599. The number of fused-ring (bicyclic) bond motifs is 1. The van der Waals surface area contributed by atoms with Crippen LogP contribution in [-0.4, -0.2) is 16.5 Å². The molecule has 0 bridgehead atoms. The second-order valence-corrected chi connectivity index (χ2v) is 3.06. The molecule has 0 heterocycles. The van der Waals surface area contributed by atoms with Gasteiger partial charge in [0.1, 0.15) is 11.5 Å². The standard InChI is InChI=1S/C11H8O3/c12-6-9-3-7-1-2-10(13)4-8(7)5-11(9)14/h1-6,13-14H. The van der Waals surface area contributed by atoms with Crippen molar-refractivity contribution in [2.75, 3.05) is 0 Å². The van der Waals surface area contributed by atoms with E-state index < -0.39 is 0 Å². The molecule has 0 unspecified atom stereocenters. The van der Waals surface area contributed by atoms with Gasteiger partial charge in [-0.25, -0.2) is 0 Å². The van der Waals surface area contributed by atoms with E-state index in [0.29, 0.717) is 11.7 Å². The van der Waals surface area contributed by atoms with Crippen LogP contribution >= 0.6 is 0 Å². The smallest absolute Gasteiger partial charge is 0.153 e. The Hall–Kier alpha value is -2.03. The third-order valence-corrected chi connectivity index (χ3v) is 2.10. The van der Waals surface area contributed by atoms with Crippen LogP contribution in [0.25, 0.3) is 10.8 Å². The molecule has 0 aliphatic heterocycles. The third kappa shape index (κ3) is 1.29. The Labute approximate surface area is 80.2 Å². The minimum atomic E-state index is -0.0712. The highest BCUT2D eigenvalue weighted by Crippen LogP contribution is 2.26. The molecule has 0 aromatic heterocycles. The molecule has 0 amide bonds. The third-order valence-electron chi connectivity index (χ3n) is 2.10. The number of phenols is 2. The molecule has 2 rings (SSSR count). The minimum Gasteiger partial charge on any atom is -0.508 e. The SMILES string of the molecule is O=Cc1cc2ccc(O)cc2cc1O. The first kappa shape index (κ1) is 8.56. The zero-order chi connectivity index (χ0) is 10.1. The molecule has 0 fully saturated rings. The Bertz CT molecular complexity index is 503. The number of hydrogen-bond acceptors (Lipinski definition) is 3.